The Morgan fingerprint density at radius 2 is 1.53 bits per heavy atom. The molecule has 30 heavy (non-hydrogen) atoms. The zero-order valence-electron chi connectivity index (χ0n) is 17.0. The number of hydrogen-bond donors (Lipinski definition) is 0. The monoisotopic (exact) mass is 417 g/mol. The average molecular weight is 417 g/mol. The molecule has 0 bridgehead atoms. The number of halogens is 2. The average Bonchev–Trinajstić information content (AvgIpc) is 3.14. The molecule has 1 aromatic heterocycles. The fourth-order valence-corrected chi connectivity index (χ4v) is 4.23. The minimum absolute atomic E-state index is 0.0000913. The van der Waals surface area contributed by atoms with Crippen molar-refractivity contribution >= 4 is 11.8 Å². The van der Waals surface area contributed by atoms with Gasteiger partial charge in [0.1, 0.15) is 17.4 Å². The molecular formula is C22H25F2N3O3. The Kier molecular flexibility index (Phi) is 5.83. The van der Waals surface area contributed by atoms with Crippen molar-refractivity contribution in [3.05, 3.63) is 52.7 Å². The van der Waals surface area contributed by atoms with Crippen LogP contribution in [0.2, 0.25) is 0 Å². The van der Waals surface area contributed by atoms with E-state index in [1.807, 2.05) is 4.90 Å². The van der Waals surface area contributed by atoms with Gasteiger partial charge in [-0.25, -0.2) is 13.8 Å². The number of carbonyl (C=O) groups is 2. The molecule has 0 spiro atoms. The van der Waals surface area contributed by atoms with E-state index in [0.717, 1.165) is 50.6 Å². The van der Waals surface area contributed by atoms with E-state index < -0.39 is 17.5 Å². The predicted molar refractivity (Wildman–Crippen MR) is 105 cm³/mol. The van der Waals surface area contributed by atoms with Crippen molar-refractivity contribution < 1.29 is 22.8 Å². The number of oxazole rings is 1. The molecule has 160 valence electrons. The summed E-state index contributed by atoms with van der Waals surface area (Å²) in [7, 11) is 0. The number of aryl methyl sites for hydroxylation is 1. The number of likely N-dealkylation sites (tertiary alicyclic amines) is 2. The van der Waals surface area contributed by atoms with Gasteiger partial charge in [0.05, 0.1) is 0 Å². The van der Waals surface area contributed by atoms with Crippen molar-refractivity contribution in [3.8, 4) is 0 Å². The Bertz CT molecular complexity index is 925. The van der Waals surface area contributed by atoms with Gasteiger partial charge in [-0.15, -0.1) is 0 Å². The van der Waals surface area contributed by atoms with Gasteiger partial charge in [-0.05, 0) is 51.2 Å². The summed E-state index contributed by atoms with van der Waals surface area (Å²) in [6.45, 7) is 4.12. The number of rotatable bonds is 3. The summed E-state index contributed by atoms with van der Waals surface area (Å²) in [5.41, 5.74) is 0.382. The fourth-order valence-electron chi connectivity index (χ4n) is 4.23. The lowest BCUT2D eigenvalue weighted by atomic mass is 9.96. The van der Waals surface area contributed by atoms with Crippen LogP contribution in [0.3, 0.4) is 0 Å². The van der Waals surface area contributed by atoms with E-state index in [4.69, 9.17) is 4.42 Å². The molecule has 3 heterocycles. The number of hydrogen-bond acceptors (Lipinski definition) is 4. The minimum Gasteiger partial charge on any atom is -0.445 e. The summed E-state index contributed by atoms with van der Waals surface area (Å²) in [5.74, 6) is -0.964. The van der Waals surface area contributed by atoms with Crippen molar-refractivity contribution in [1.29, 1.82) is 0 Å². The van der Waals surface area contributed by atoms with Crippen LogP contribution in [0.15, 0.2) is 22.6 Å². The van der Waals surface area contributed by atoms with Crippen LogP contribution in [-0.4, -0.2) is 52.8 Å². The molecular weight excluding hydrogens is 392 g/mol. The van der Waals surface area contributed by atoms with Gasteiger partial charge in [0.15, 0.2) is 11.6 Å². The largest absolute Gasteiger partial charge is 0.445 e. The Morgan fingerprint density at radius 1 is 0.933 bits per heavy atom. The number of amides is 2. The molecule has 4 rings (SSSR count). The third-order valence-electron chi connectivity index (χ3n) is 5.90. The highest BCUT2D eigenvalue weighted by Crippen LogP contribution is 2.30. The lowest BCUT2D eigenvalue weighted by Crippen LogP contribution is -2.38. The highest BCUT2D eigenvalue weighted by Gasteiger charge is 2.30. The summed E-state index contributed by atoms with van der Waals surface area (Å²) < 4.78 is 32.6. The lowest BCUT2D eigenvalue weighted by molar-refractivity contribution is 0.0703. The Hall–Kier alpha value is -2.77. The van der Waals surface area contributed by atoms with Crippen LogP contribution in [0.4, 0.5) is 8.78 Å². The van der Waals surface area contributed by atoms with Gasteiger partial charge < -0.3 is 14.2 Å². The fraction of sp³-hybridized carbons (Fsp3) is 0.500. The van der Waals surface area contributed by atoms with Gasteiger partial charge in [0.25, 0.3) is 11.8 Å². The summed E-state index contributed by atoms with van der Waals surface area (Å²) in [4.78, 5) is 33.2. The Balaban J connectivity index is 1.40. The van der Waals surface area contributed by atoms with Crippen LogP contribution in [0.5, 0.6) is 0 Å². The maximum atomic E-state index is 13.4. The van der Waals surface area contributed by atoms with Gasteiger partial charge in [-0.1, -0.05) is 0 Å². The van der Waals surface area contributed by atoms with E-state index in [-0.39, 0.29) is 17.4 Å². The zero-order valence-corrected chi connectivity index (χ0v) is 17.0. The number of carbonyl (C=O) groups excluding carboxylic acids is 2. The molecule has 2 amide bonds. The van der Waals surface area contributed by atoms with Crippen molar-refractivity contribution in [1.82, 2.24) is 14.8 Å². The summed E-state index contributed by atoms with van der Waals surface area (Å²) >= 11 is 0. The van der Waals surface area contributed by atoms with Crippen LogP contribution in [-0.2, 0) is 0 Å². The quantitative estimate of drug-likeness (QED) is 0.760. The molecule has 2 saturated heterocycles. The molecule has 0 radical (unpaired) electrons. The molecule has 0 saturated carbocycles. The minimum atomic E-state index is -0.769. The molecule has 2 aliphatic rings. The first kappa shape index (κ1) is 20.5. The standard InChI is InChI=1S/C22H25F2N3O3/c1-14-19(22(29)26-7-3-2-4-8-26)25-20(30-14)15-5-9-27(10-6-15)21(28)16-11-17(23)13-18(24)12-16/h11-13,15H,2-10H2,1H3. The number of piperidine rings is 2. The highest BCUT2D eigenvalue weighted by atomic mass is 19.1. The zero-order chi connectivity index (χ0) is 21.3. The molecule has 0 unspecified atom stereocenters. The van der Waals surface area contributed by atoms with Gasteiger partial charge in [0, 0.05) is 43.7 Å². The molecule has 1 aromatic carbocycles. The SMILES string of the molecule is Cc1oc(C2CCN(C(=O)c3cc(F)cc(F)c3)CC2)nc1C(=O)N1CCCCC1. The second-order valence-electron chi connectivity index (χ2n) is 8.03. The van der Waals surface area contributed by atoms with Crippen molar-refractivity contribution in [3.63, 3.8) is 0 Å². The van der Waals surface area contributed by atoms with Gasteiger partial charge in [0.2, 0.25) is 0 Å². The van der Waals surface area contributed by atoms with E-state index in [0.29, 0.717) is 43.3 Å². The first-order chi connectivity index (χ1) is 14.4. The number of benzene rings is 1. The Morgan fingerprint density at radius 3 is 2.17 bits per heavy atom. The normalized spacial score (nSPS) is 18.0. The van der Waals surface area contributed by atoms with E-state index >= 15 is 0 Å². The second-order valence-corrected chi connectivity index (χ2v) is 8.03. The van der Waals surface area contributed by atoms with Crippen LogP contribution in [0, 0.1) is 18.6 Å². The third kappa shape index (κ3) is 4.22. The first-order valence-corrected chi connectivity index (χ1v) is 10.4. The maximum absolute atomic E-state index is 13.4. The van der Waals surface area contributed by atoms with E-state index in [1.165, 1.54) is 0 Å². The van der Waals surface area contributed by atoms with Crippen molar-refractivity contribution in [2.75, 3.05) is 26.2 Å². The topological polar surface area (TPSA) is 66.7 Å². The van der Waals surface area contributed by atoms with Crippen molar-refractivity contribution in [2.24, 2.45) is 0 Å². The van der Waals surface area contributed by atoms with Gasteiger partial charge in [-0.3, -0.25) is 9.59 Å². The van der Waals surface area contributed by atoms with Crippen molar-refractivity contribution in [2.45, 2.75) is 44.9 Å². The van der Waals surface area contributed by atoms with Crippen LogP contribution < -0.4 is 0 Å². The van der Waals surface area contributed by atoms with Crippen LogP contribution >= 0.6 is 0 Å². The number of aromatic nitrogens is 1. The highest BCUT2D eigenvalue weighted by molar-refractivity contribution is 5.94. The molecule has 2 fully saturated rings. The predicted octanol–water partition coefficient (Wildman–Crippen LogP) is 3.91. The van der Waals surface area contributed by atoms with E-state index in [9.17, 15) is 18.4 Å². The third-order valence-corrected chi connectivity index (χ3v) is 5.90. The molecule has 8 heteroatoms. The van der Waals surface area contributed by atoms with Gasteiger partial charge >= 0.3 is 0 Å². The first-order valence-electron chi connectivity index (χ1n) is 10.4. The Labute approximate surface area is 173 Å². The second kappa shape index (κ2) is 8.53. The lowest BCUT2D eigenvalue weighted by Gasteiger charge is -2.30. The number of nitrogens with zero attached hydrogens (tertiary/aromatic N) is 3. The molecule has 0 aliphatic carbocycles. The molecule has 2 aliphatic heterocycles. The van der Waals surface area contributed by atoms with Crippen LogP contribution in [0.1, 0.15) is 70.5 Å². The van der Waals surface area contributed by atoms with Crippen LogP contribution in [0.25, 0.3) is 0 Å². The maximum Gasteiger partial charge on any atom is 0.276 e. The smallest absolute Gasteiger partial charge is 0.276 e. The van der Waals surface area contributed by atoms with Gasteiger partial charge in [-0.2, -0.15) is 0 Å². The van der Waals surface area contributed by atoms with E-state index in [2.05, 4.69) is 4.98 Å². The molecule has 2 aromatic rings. The van der Waals surface area contributed by atoms with E-state index in [1.54, 1.807) is 11.8 Å². The molecule has 0 N–H and O–H groups in total. The summed E-state index contributed by atoms with van der Waals surface area (Å²) in [6.07, 6.45) is 4.39. The summed E-state index contributed by atoms with van der Waals surface area (Å²) in [6, 6.07) is 2.84. The molecule has 0 atom stereocenters. The molecule has 6 nitrogen and oxygen atoms in total. The summed E-state index contributed by atoms with van der Waals surface area (Å²) in [5, 5.41) is 0.